The third-order valence-corrected chi connectivity index (χ3v) is 2.81. The average Bonchev–Trinajstić information content (AvgIpc) is 2.66. The number of aromatic nitrogens is 2. The minimum Gasteiger partial charge on any atom is -0.391 e. The molecule has 0 aliphatic carbocycles. The highest BCUT2D eigenvalue weighted by Crippen LogP contribution is 2.24. The third-order valence-electron chi connectivity index (χ3n) is 2.81. The molecular weight excluding hydrogens is 222 g/mol. The molecule has 1 aromatic heterocycles. The summed E-state index contributed by atoms with van der Waals surface area (Å²) < 4.78 is 1.57. The lowest BCUT2D eigenvalue weighted by Crippen LogP contribution is -2.17. The van der Waals surface area contributed by atoms with Crippen LogP contribution in [0, 0.1) is 10.1 Å². The van der Waals surface area contributed by atoms with E-state index in [1.165, 1.54) is 0 Å². The van der Waals surface area contributed by atoms with Gasteiger partial charge in [0.1, 0.15) is 11.4 Å². The minimum atomic E-state index is -0.510. The van der Waals surface area contributed by atoms with E-state index in [0.717, 1.165) is 0 Å². The van der Waals surface area contributed by atoms with Gasteiger partial charge >= 0.3 is 5.69 Å². The molecule has 0 fully saturated rings. The lowest BCUT2D eigenvalue weighted by atomic mass is 10.2. The smallest absolute Gasteiger partial charge is 0.313 e. The van der Waals surface area contributed by atoms with Gasteiger partial charge in [0.15, 0.2) is 0 Å². The maximum atomic E-state index is 11.0. The van der Waals surface area contributed by atoms with Gasteiger partial charge in [0, 0.05) is 0 Å². The second-order valence-electron chi connectivity index (χ2n) is 3.95. The van der Waals surface area contributed by atoms with Crippen molar-refractivity contribution in [2.75, 3.05) is 0 Å². The minimum absolute atomic E-state index is 0.110. The molecule has 1 unspecified atom stereocenters. The first-order valence-corrected chi connectivity index (χ1v) is 5.96. The van der Waals surface area contributed by atoms with Gasteiger partial charge in [-0.2, -0.15) is 5.10 Å². The van der Waals surface area contributed by atoms with Crippen molar-refractivity contribution in [2.45, 2.75) is 52.7 Å². The molecule has 0 aliphatic heterocycles. The summed E-state index contributed by atoms with van der Waals surface area (Å²) >= 11 is 0. The molecule has 0 aliphatic rings. The van der Waals surface area contributed by atoms with Crippen molar-refractivity contribution in [1.29, 1.82) is 0 Å². The first-order valence-electron chi connectivity index (χ1n) is 5.96. The normalized spacial score (nSPS) is 12.7. The van der Waals surface area contributed by atoms with Gasteiger partial charge in [-0.3, -0.25) is 14.8 Å². The highest BCUT2D eigenvalue weighted by atomic mass is 16.6. The van der Waals surface area contributed by atoms with E-state index in [4.69, 9.17) is 0 Å². The van der Waals surface area contributed by atoms with Crippen LogP contribution in [0.25, 0.3) is 0 Å². The van der Waals surface area contributed by atoms with E-state index in [1.807, 2.05) is 20.8 Å². The second-order valence-corrected chi connectivity index (χ2v) is 3.95. The number of aliphatic hydroxyl groups is 1. The van der Waals surface area contributed by atoms with Crippen LogP contribution in [-0.2, 0) is 19.4 Å². The monoisotopic (exact) mass is 241 g/mol. The Hall–Kier alpha value is -1.43. The van der Waals surface area contributed by atoms with E-state index in [9.17, 15) is 15.2 Å². The first-order chi connectivity index (χ1) is 8.04. The molecule has 0 amide bonds. The summed E-state index contributed by atoms with van der Waals surface area (Å²) in [5.74, 6) is 0. The number of rotatable bonds is 6. The van der Waals surface area contributed by atoms with Gasteiger partial charge in [-0.25, -0.2) is 0 Å². The molecule has 0 aromatic carbocycles. The van der Waals surface area contributed by atoms with Crippen molar-refractivity contribution >= 4 is 5.69 Å². The van der Waals surface area contributed by atoms with Gasteiger partial charge in [0.05, 0.1) is 17.6 Å². The molecule has 1 rings (SSSR count). The van der Waals surface area contributed by atoms with Crippen molar-refractivity contribution in [1.82, 2.24) is 9.78 Å². The predicted octanol–water partition coefficient (Wildman–Crippen LogP) is 1.69. The number of hydrogen-bond donors (Lipinski definition) is 1. The average molecular weight is 241 g/mol. The summed E-state index contributed by atoms with van der Waals surface area (Å²) in [5, 5.41) is 24.9. The SMILES string of the molecule is CCc1nn(CC(O)CC)c(CC)c1[N+](=O)[O-]. The topological polar surface area (TPSA) is 81.2 Å². The van der Waals surface area contributed by atoms with Crippen LogP contribution >= 0.6 is 0 Å². The molecule has 0 radical (unpaired) electrons. The Labute approximate surface area is 100 Å². The van der Waals surface area contributed by atoms with Crippen LogP contribution < -0.4 is 0 Å². The van der Waals surface area contributed by atoms with E-state index in [1.54, 1.807) is 4.68 Å². The Bertz CT molecular complexity index is 401. The Balaban J connectivity index is 3.17. The molecular formula is C11H19N3O3. The molecule has 17 heavy (non-hydrogen) atoms. The summed E-state index contributed by atoms with van der Waals surface area (Å²) in [6, 6.07) is 0. The zero-order chi connectivity index (χ0) is 13.0. The van der Waals surface area contributed by atoms with Crippen molar-refractivity contribution in [3.8, 4) is 0 Å². The van der Waals surface area contributed by atoms with Gasteiger partial charge in [-0.15, -0.1) is 0 Å². The Morgan fingerprint density at radius 2 is 2.06 bits per heavy atom. The van der Waals surface area contributed by atoms with Crippen molar-refractivity contribution in [3.05, 3.63) is 21.5 Å². The lowest BCUT2D eigenvalue weighted by molar-refractivity contribution is -0.386. The largest absolute Gasteiger partial charge is 0.391 e. The van der Waals surface area contributed by atoms with E-state index in [-0.39, 0.29) is 10.6 Å². The van der Waals surface area contributed by atoms with Crippen molar-refractivity contribution in [3.63, 3.8) is 0 Å². The lowest BCUT2D eigenvalue weighted by Gasteiger charge is -2.09. The van der Waals surface area contributed by atoms with Crippen molar-refractivity contribution in [2.24, 2.45) is 0 Å². The summed E-state index contributed by atoms with van der Waals surface area (Å²) in [5.41, 5.74) is 1.20. The second kappa shape index (κ2) is 5.77. The molecule has 0 saturated carbocycles. The zero-order valence-corrected chi connectivity index (χ0v) is 10.5. The summed E-state index contributed by atoms with van der Waals surface area (Å²) in [7, 11) is 0. The van der Waals surface area contributed by atoms with Crippen LogP contribution in [0.3, 0.4) is 0 Å². The molecule has 1 atom stereocenters. The number of aliphatic hydroxyl groups excluding tert-OH is 1. The molecule has 0 saturated heterocycles. The molecule has 1 heterocycles. The highest BCUT2D eigenvalue weighted by Gasteiger charge is 2.25. The molecule has 1 aromatic rings. The maximum absolute atomic E-state index is 11.0. The molecule has 1 N–H and O–H groups in total. The van der Waals surface area contributed by atoms with Crippen molar-refractivity contribution < 1.29 is 10.0 Å². The van der Waals surface area contributed by atoms with E-state index in [2.05, 4.69) is 5.10 Å². The van der Waals surface area contributed by atoms with Crippen LogP contribution in [0.5, 0.6) is 0 Å². The Morgan fingerprint density at radius 1 is 1.41 bits per heavy atom. The predicted molar refractivity (Wildman–Crippen MR) is 63.9 cm³/mol. The molecule has 6 heteroatoms. The molecule has 0 spiro atoms. The van der Waals surface area contributed by atoms with Crippen LogP contribution in [0.4, 0.5) is 5.69 Å². The van der Waals surface area contributed by atoms with E-state index >= 15 is 0 Å². The number of aryl methyl sites for hydroxylation is 1. The van der Waals surface area contributed by atoms with E-state index < -0.39 is 6.10 Å². The fourth-order valence-corrected chi connectivity index (χ4v) is 1.82. The highest BCUT2D eigenvalue weighted by molar-refractivity contribution is 5.41. The third kappa shape index (κ3) is 2.82. The standard InChI is InChI=1S/C11H19N3O3/c1-4-8(15)7-13-10(6-3)11(14(16)17)9(5-2)12-13/h8,15H,4-7H2,1-3H3. The van der Waals surface area contributed by atoms with Gasteiger partial charge in [0.2, 0.25) is 0 Å². The van der Waals surface area contributed by atoms with Gasteiger partial charge in [0.25, 0.3) is 0 Å². The summed E-state index contributed by atoms with van der Waals surface area (Å²) in [6.45, 7) is 5.89. The first kappa shape index (κ1) is 13.6. The van der Waals surface area contributed by atoms with Crippen LogP contribution in [0.15, 0.2) is 0 Å². The molecule has 6 nitrogen and oxygen atoms in total. The number of nitro groups is 1. The van der Waals surface area contributed by atoms with Crippen LogP contribution in [0.2, 0.25) is 0 Å². The maximum Gasteiger partial charge on any atom is 0.313 e. The number of nitrogens with zero attached hydrogens (tertiary/aromatic N) is 3. The quantitative estimate of drug-likeness (QED) is 0.607. The van der Waals surface area contributed by atoms with Gasteiger partial charge in [-0.1, -0.05) is 20.8 Å². The van der Waals surface area contributed by atoms with Gasteiger partial charge < -0.3 is 5.11 Å². The van der Waals surface area contributed by atoms with Crippen LogP contribution in [0.1, 0.15) is 38.6 Å². The molecule has 0 bridgehead atoms. The fourth-order valence-electron chi connectivity index (χ4n) is 1.82. The number of hydrogen-bond acceptors (Lipinski definition) is 4. The fraction of sp³-hybridized carbons (Fsp3) is 0.727. The Morgan fingerprint density at radius 3 is 2.47 bits per heavy atom. The van der Waals surface area contributed by atoms with Gasteiger partial charge in [-0.05, 0) is 19.3 Å². The summed E-state index contributed by atoms with van der Waals surface area (Å²) in [6.07, 6.45) is 1.17. The van der Waals surface area contributed by atoms with E-state index in [0.29, 0.717) is 37.2 Å². The summed E-state index contributed by atoms with van der Waals surface area (Å²) in [4.78, 5) is 10.6. The zero-order valence-electron chi connectivity index (χ0n) is 10.5. The Kier molecular flexibility index (Phi) is 4.62. The van der Waals surface area contributed by atoms with Crippen LogP contribution in [-0.4, -0.2) is 25.9 Å². The molecule has 96 valence electrons.